The number of nitrogens with zero attached hydrogens (tertiary/aromatic N) is 4. The molecule has 0 bridgehead atoms. The van der Waals surface area contributed by atoms with Gasteiger partial charge in [-0.3, -0.25) is 4.99 Å². The van der Waals surface area contributed by atoms with E-state index in [-0.39, 0.29) is 29.7 Å². The van der Waals surface area contributed by atoms with Gasteiger partial charge >= 0.3 is 6.18 Å². The van der Waals surface area contributed by atoms with E-state index in [1.807, 2.05) is 18.6 Å². The average Bonchev–Trinajstić information content (AvgIpc) is 3.22. The largest absolute Gasteiger partial charge is 0.484 e. The third kappa shape index (κ3) is 6.78. The van der Waals surface area contributed by atoms with Crippen molar-refractivity contribution in [2.75, 3.05) is 26.7 Å². The van der Waals surface area contributed by atoms with Crippen LogP contribution in [0.3, 0.4) is 0 Å². The fourth-order valence-electron chi connectivity index (χ4n) is 3.52. The van der Waals surface area contributed by atoms with Gasteiger partial charge in [0.1, 0.15) is 5.75 Å². The molecule has 0 amide bonds. The van der Waals surface area contributed by atoms with E-state index in [2.05, 4.69) is 31.7 Å². The van der Waals surface area contributed by atoms with Gasteiger partial charge in [0.15, 0.2) is 12.6 Å². The number of hydrogen-bond acceptors (Lipinski definition) is 3. The van der Waals surface area contributed by atoms with Gasteiger partial charge in [0.05, 0.1) is 12.4 Å². The Labute approximate surface area is 191 Å². The first-order valence-electron chi connectivity index (χ1n) is 9.57. The van der Waals surface area contributed by atoms with E-state index in [1.54, 1.807) is 25.4 Å². The number of guanidine groups is 1. The van der Waals surface area contributed by atoms with Crippen molar-refractivity contribution >= 4 is 29.9 Å². The number of nitrogens with one attached hydrogen (secondary N) is 1. The molecule has 1 aliphatic heterocycles. The molecule has 1 aromatic carbocycles. The second-order valence-electron chi connectivity index (χ2n) is 7.24. The molecule has 2 atom stereocenters. The lowest BCUT2D eigenvalue weighted by molar-refractivity contribution is -0.153. The highest BCUT2D eigenvalue weighted by molar-refractivity contribution is 14.0. The van der Waals surface area contributed by atoms with Crippen molar-refractivity contribution in [1.29, 1.82) is 0 Å². The molecule has 2 heterocycles. The lowest BCUT2D eigenvalue weighted by atomic mass is 9.93. The van der Waals surface area contributed by atoms with Crippen LogP contribution in [-0.2, 0) is 6.54 Å². The molecule has 3 rings (SSSR count). The lowest BCUT2D eigenvalue weighted by Crippen LogP contribution is -2.48. The molecule has 30 heavy (non-hydrogen) atoms. The third-order valence-corrected chi connectivity index (χ3v) is 5.09. The zero-order valence-electron chi connectivity index (χ0n) is 17.0. The van der Waals surface area contributed by atoms with Crippen molar-refractivity contribution in [3.8, 4) is 5.75 Å². The first-order valence-corrected chi connectivity index (χ1v) is 9.57. The van der Waals surface area contributed by atoms with Crippen molar-refractivity contribution in [2.45, 2.75) is 32.1 Å². The number of piperidine rings is 1. The van der Waals surface area contributed by atoms with Gasteiger partial charge in [-0.15, -0.1) is 24.0 Å². The van der Waals surface area contributed by atoms with Gasteiger partial charge in [-0.05, 0) is 30.0 Å². The number of rotatable bonds is 5. The van der Waals surface area contributed by atoms with E-state index in [0.717, 1.165) is 31.0 Å². The van der Waals surface area contributed by atoms with E-state index >= 15 is 0 Å². The molecule has 2 unspecified atom stereocenters. The number of aromatic nitrogens is 2. The highest BCUT2D eigenvalue weighted by Gasteiger charge is 2.29. The molecule has 10 heteroatoms. The Bertz CT molecular complexity index is 813. The molecule has 6 nitrogen and oxygen atoms in total. The maximum Gasteiger partial charge on any atom is 0.422 e. The fraction of sp³-hybridized carbons (Fsp3) is 0.500. The highest BCUT2D eigenvalue weighted by Crippen LogP contribution is 2.27. The molecule has 0 aliphatic carbocycles. The third-order valence-electron chi connectivity index (χ3n) is 5.09. The summed E-state index contributed by atoms with van der Waals surface area (Å²) >= 11 is 0. The number of likely N-dealkylation sites (tertiary alicyclic amines) is 1. The fourth-order valence-corrected chi connectivity index (χ4v) is 3.52. The normalized spacial score (nSPS) is 19.9. The molecule has 1 N–H and O–H groups in total. The summed E-state index contributed by atoms with van der Waals surface area (Å²) in [6.07, 6.45) is 2.28. The van der Waals surface area contributed by atoms with E-state index in [0.29, 0.717) is 18.5 Å². The second kappa shape index (κ2) is 10.9. The Balaban J connectivity index is 0.00000320. The SMILES string of the molecule is CN=C(NCc1cccc(OCC(F)(F)F)c1)N1CCC(C)C(n2ccnc2)C1.I. The minimum Gasteiger partial charge on any atom is -0.484 e. The van der Waals surface area contributed by atoms with E-state index in [4.69, 9.17) is 4.74 Å². The number of aliphatic imine (C=N–C) groups is 1. The number of alkyl halides is 3. The number of ether oxygens (including phenoxy) is 1. The van der Waals surface area contributed by atoms with Crippen molar-refractivity contribution in [2.24, 2.45) is 10.9 Å². The molecule has 2 aromatic rings. The first kappa shape index (κ1) is 24.3. The van der Waals surface area contributed by atoms with Gasteiger partial charge in [0.2, 0.25) is 0 Å². The zero-order valence-corrected chi connectivity index (χ0v) is 19.3. The van der Waals surface area contributed by atoms with Crippen LogP contribution in [0.25, 0.3) is 0 Å². The maximum absolute atomic E-state index is 12.3. The van der Waals surface area contributed by atoms with E-state index < -0.39 is 12.8 Å². The molecule has 0 radical (unpaired) electrons. The van der Waals surface area contributed by atoms with Crippen LogP contribution in [-0.4, -0.2) is 53.3 Å². The summed E-state index contributed by atoms with van der Waals surface area (Å²) in [6.45, 7) is 3.09. The molecule has 166 valence electrons. The van der Waals surface area contributed by atoms with Crippen molar-refractivity contribution in [3.63, 3.8) is 0 Å². The smallest absolute Gasteiger partial charge is 0.422 e. The predicted molar refractivity (Wildman–Crippen MR) is 120 cm³/mol. The van der Waals surface area contributed by atoms with Gasteiger partial charge in [0.25, 0.3) is 0 Å². The number of benzene rings is 1. The monoisotopic (exact) mass is 537 g/mol. The molecule has 1 fully saturated rings. The molecule has 0 saturated carbocycles. The summed E-state index contributed by atoms with van der Waals surface area (Å²) in [6, 6.07) is 6.96. The predicted octanol–water partition coefficient (Wildman–Crippen LogP) is 4.10. The Morgan fingerprint density at radius 2 is 2.17 bits per heavy atom. The van der Waals surface area contributed by atoms with Crippen molar-refractivity contribution in [1.82, 2.24) is 19.8 Å². The van der Waals surface area contributed by atoms with Crippen LogP contribution in [0.4, 0.5) is 13.2 Å². The minimum atomic E-state index is -4.35. The number of hydrogen-bond donors (Lipinski definition) is 1. The standard InChI is InChI=1S/C20H26F3N5O.HI/c1-15-6-8-27(12-18(15)28-9-7-25-14-28)19(24-2)26-11-16-4-3-5-17(10-16)29-13-20(21,22)23;/h3-5,7,9-10,14-15,18H,6,8,11-13H2,1-2H3,(H,24,26);1H. The second-order valence-corrected chi connectivity index (χ2v) is 7.24. The van der Waals surface area contributed by atoms with Gasteiger partial charge < -0.3 is 19.5 Å². The zero-order chi connectivity index (χ0) is 20.9. The summed E-state index contributed by atoms with van der Waals surface area (Å²) in [5, 5.41) is 3.31. The summed E-state index contributed by atoms with van der Waals surface area (Å²) in [5.74, 6) is 1.49. The molecular weight excluding hydrogens is 510 g/mol. The van der Waals surface area contributed by atoms with Crippen LogP contribution in [0, 0.1) is 5.92 Å². The first-order chi connectivity index (χ1) is 13.9. The van der Waals surface area contributed by atoms with Crippen molar-refractivity contribution in [3.05, 3.63) is 48.5 Å². The Hall–Kier alpha value is -1.98. The van der Waals surface area contributed by atoms with Gasteiger partial charge in [-0.1, -0.05) is 19.1 Å². The van der Waals surface area contributed by atoms with Gasteiger partial charge in [-0.25, -0.2) is 4.98 Å². The molecular formula is C20H27F3IN5O. The Kier molecular flexibility index (Phi) is 8.80. The Morgan fingerprint density at radius 3 is 2.83 bits per heavy atom. The van der Waals surface area contributed by atoms with Crippen LogP contribution in [0.2, 0.25) is 0 Å². The molecule has 1 aromatic heterocycles. The molecule has 0 spiro atoms. The topological polar surface area (TPSA) is 54.7 Å². The Morgan fingerprint density at radius 1 is 1.37 bits per heavy atom. The summed E-state index contributed by atoms with van der Waals surface area (Å²) < 4.78 is 44.0. The van der Waals surface area contributed by atoms with E-state index in [1.165, 1.54) is 6.07 Å². The van der Waals surface area contributed by atoms with Crippen LogP contribution in [0.1, 0.15) is 24.9 Å². The molecule has 1 aliphatic rings. The van der Waals surface area contributed by atoms with Crippen LogP contribution in [0.15, 0.2) is 48.0 Å². The summed E-state index contributed by atoms with van der Waals surface area (Å²) in [4.78, 5) is 10.7. The van der Waals surface area contributed by atoms with Crippen LogP contribution >= 0.6 is 24.0 Å². The van der Waals surface area contributed by atoms with Crippen LogP contribution < -0.4 is 10.1 Å². The minimum absolute atomic E-state index is 0. The van der Waals surface area contributed by atoms with E-state index in [9.17, 15) is 13.2 Å². The average molecular weight is 537 g/mol. The lowest BCUT2D eigenvalue weighted by Gasteiger charge is -2.39. The molecule has 1 saturated heterocycles. The summed E-state index contributed by atoms with van der Waals surface area (Å²) in [7, 11) is 1.73. The van der Waals surface area contributed by atoms with Gasteiger partial charge in [-0.2, -0.15) is 13.2 Å². The summed E-state index contributed by atoms with van der Waals surface area (Å²) in [5.41, 5.74) is 0.822. The van der Waals surface area contributed by atoms with Gasteiger partial charge in [0, 0.05) is 39.1 Å². The highest BCUT2D eigenvalue weighted by atomic mass is 127. The maximum atomic E-state index is 12.3. The quantitative estimate of drug-likeness (QED) is 0.355. The number of imidazole rings is 1. The number of halogens is 4. The van der Waals surface area contributed by atoms with Crippen molar-refractivity contribution < 1.29 is 17.9 Å². The van der Waals surface area contributed by atoms with Crippen LogP contribution in [0.5, 0.6) is 5.75 Å².